The summed E-state index contributed by atoms with van der Waals surface area (Å²) < 4.78 is 7.35. The number of aromatic nitrogens is 1. The van der Waals surface area contributed by atoms with E-state index in [2.05, 4.69) is 34.5 Å². The van der Waals surface area contributed by atoms with Gasteiger partial charge in [-0.25, -0.2) is 0 Å². The van der Waals surface area contributed by atoms with Gasteiger partial charge in [0, 0.05) is 29.5 Å². The third kappa shape index (κ3) is 4.22. The molecule has 33 heavy (non-hydrogen) atoms. The number of hydrogen-bond acceptors (Lipinski definition) is 4. The Morgan fingerprint density at radius 1 is 0.909 bits per heavy atom. The van der Waals surface area contributed by atoms with Crippen molar-refractivity contribution in [1.82, 2.24) is 9.88 Å². The van der Waals surface area contributed by atoms with E-state index in [1.807, 2.05) is 60.0 Å². The molecular weight excluding hydrogens is 414 g/mol. The van der Waals surface area contributed by atoms with Crippen molar-refractivity contribution in [2.24, 2.45) is 0 Å². The number of carbonyl (C=O) groups is 1. The molecule has 0 spiro atoms. The lowest BCUT2D eigenvalue weighted by Gasteiger charge is -2.29. The second kappa shape index (κ2) is 9.08. The maximum Gasteiger partial charge on any atom is 0.240 e. The molecule has 6 nitrogen and oxygen atoms in total. The van der Waals surface area contributed by atoms with Crippen LogP contribution in [0.2, 0.25) is 0 Å². The predicted molar refractivity (Wildman–Crippen MR) is 132 cm³/mol. The van der Waals surface area contributed by atoms with Crippen LogP contribution in [0.1, 0.15) is 18.5 Å². The number of benzene rings is 3. The highest BCUT2D eigenvalue weighted by atomic mass is 16.5. The third-order valence-corrected chi connectivity index (χ3v) is 6.33. The van der Waals surface area contributed by atoms with Gasteiger partial charge in [-0.05, 0) is 48.9 Å². The summed E-state index contributed by atoms with van der Waals surface area (Å²) in [6.45, 7) is 5.42. The van der Waals surface area contributed by atoms with Gasteiger partial charge in [0.2, 0.25) is 5.91 Å². The summed E-state index contributed by atoms with van der Waals surface area (Å²) in [4.78, 5) is 28.3. The van der Waals surface area contributed by atoms with Gasteiger partial charge >= 0.3 is 0 Å². The first-order valence-corrected chi connectivity index (χ1v) is 11.3. The fraction of sp³-hybridized carbons (Fsp3) is 0.259. The van der Waals surface area contributed by atoms with Gasteiger partial charge < -0.3 is 19.5 Å². The molecule has 0 radical (unpaired) electrons. The number of fused-ring (bicyclic) bond motifs is 2. The lowest BCUT2D eigenvalue weighted by Crippen LogP contribution is -2.36. The van der Waals surface area contributed by atoms with Crippen LogP contribution in [0.15, 0.2) is 77.6 Å². The van der Waals surface area contributed by atoms with E-state index in [1.165, 1.54) is 5.69 Å². The van der Waals surface area contributed by atoms with Crippen molar-refractivity contribution in [3.8, 4) is 0 Å². The summed E-state index contributed by atoms with van der Waals surface area (Å²) in [5.41, 5.74) is 3.74. The topological polar surface area (TPSA) is 63.6 Å². The molecule has 0 bridgehead atoms. The summed E-state index contributed by atoms with van der Waals surface area (Å²) in [6, 6.07) is 23.1. The molecule has 1 amide bonds. The quantitative estimate of drug-likeness (QED) is 0.478. The zero-order valence-corrected chi connectivity index (χ0v) is 18.7. The second-order valence-corrected chi connectivity index (χ2v) is 8.43. The minimum absolute atomic E-state index is 0.00779. The molecule has 1 N–H and O–H groups in total. The van der Waals surface area contributed by atoms with E-state index in [0.717, 1.165) is 42.9 Å². The monoisotopic (exact) mass is 441 g/mol. The number of nitrogens with zero attached hydrogens (tertiary/aromatic N) is 2. The molecular formula is C27H27N3O3. The number of carbonyl (C=O) groups excluding carboxylic acids is 1. The largest absolute Gasteiger partial charge is 0.378 e. The lowest BCUT2D eigenvalue weighted by atomic mass is 10.1. The molecule has 1 fully saturated rings. The highest BCUT2D eigenvalue weighted by molar-refractivity contribution is 5.94. The highest BCUT2D eigenvalue weighted by Gasteiger charge is 2.16. The summed E-state index contributed by atoms with van der Waals surface area (Å²) in [5, 5.41) is 4.36. The van der Waals surface area contributed by atoms with E-state index in [0.29, 0.717) is 10.8 Å². The number of anilines is 1. The van der Waals surface area contributed by atoms with Crippen LogP contribution in [-0.2, 0) is 16.1 Å². The van der Waals surface area contributed by atoms with Gasteiger partial charge in [-0.2, -0.15) is 0 Å². The van der Waals surface area contributed by atoms with Gasteiger partial charge in [0.05, 0.1) is 30.3 Å². The second-order valence-electron chi connectivity index (χ2n) is 8.43. The highest BCUT2D eigenvalue weighted by Crippen LogP contribution is 2.21. The van der Waals surface area contributed by atoms with Crippen LogP contribution in [0.25, 0.3) is 21.8 Å². The normalized spacial score (nSPS) is 15.0. The average Bonchev–Trinajstić information content (AvgIpc) is 2.87. The molecule has 1 unspecified atom stereocenters. The molecule has 3 aromatic carbocycles. The number of para-hydroxylation sites is 2. The Kier molecular flexibility index (Phi) is 5.84. The van der Waals surface area contributed by atoms with Crippen LogP contribution in [0, 0.1) is 0 Å². The van der Waals surface area contributed by atoms with Crippen LogP contribution in [0.3, 0.4) is 0 Å². The minimum Gasteiger partial charge on any atom is -0.378 e. The molecule has 5 rings (SSSR count). The van der Waals surface area contributed by atoms with E-state index < -0.39 is 0 Å². The molecule has 1 aliphatic rings. The van der Waals surface area contributed by atoms with Gasteiger partial charge in [0.15, 0.2) is 5.43 Å². The first-order valence-electron chi connectivity index (χ1n) is 11.3. The van der Waals surface area contributed by atoms with Crippen LogP contribution >= 0.6 is 0 Å². The van der Waals surface area contributed by atoms with E-state index in [4.69, 9.17) is 4.74 Å². The van der Waals surface area contributed by atoms with Gasteiger partial charge in [0.1, 0.15) is 6.54 Å². The first-order chi connectivity index (χ1) is 16.1. The zero-order valence-electron chi connectivity index (χ0n) is 18.7. The SMILES string of the molecule is CC(NC(=O)Cn1c2ccccc2c(=O)c2ccccc21)c1ccc(N2CCOCC2)cc1. The number of nitrogens with one attached hydrogen (secondary N) is 1. The van der Waals surface area contributed by atoms with Gasteiger partial charge in [-0.15, -0.1) is 0 Å². The standard InChI is InChI=1S/C27H27N3O3/c1-19(20-10-12-21(13-11-20)29-14-16-33-17-15-29)28-26(31)18-30-24-8-4-2-6-22(24)27(32)23-7-3-5-9-25(23)30/h2-13,19H,14-18H2,1H3,(H,28,31). The molecule has 1 atom stereocenters. The number of pyridine rings is 1. The van der Waals surface area contributed by atoms with Crippen molar-refractivity contribution in [2.45, 2.75) is 19.5 Å². The molecule has 1 aromatic heterocycles. The molecule has 0 saturated carbocycles. The van der Waals surface area contributed by atoms with Crippen LogP contribution in [-0.4, -0.2) is 36.8 Å². The van der Waals surface area contributed by atoms with Crippen molar-refractivity contribution in [3.63, 3.8) is 0 Å². The predicted octanol–water partition coefficient (Wildman–Crippen LogP) is 3.87. The molecule has 0 aliphatic carbocycles. The molecule has 168 valence electrons. The summed E-state index contributed by atoms with van der Waals surface area (Å²) in [5.74, 6) is -0.0984. The number of morpholine rings is 1. The van der Waals surface area contributed by atoms with Crippen molar-refractivity contribution in [1.29, 1.82) is 0 Å². The number of hydrogen-bond donors (Lipinski definition) is 1. The fourth-order valence-corrected chi connectivity index (χ4v) is 4.56. The Morgan fingerprint density at radius 2 is 1.48 bits per heavy atom. The molecule has 4 aromatic rings. The van der Waals surface area contributed by atoms with Crippen molar-refractivity contribution >= 4 is 33.4 Å². The van der Waals surface area contributed by atoms with Gasteiger partial charge in [0.25, 0.3) is 0 Å². The number of ether oxygens (including phenoxy) is 1. The molecule has 2 heterocycles. The van der Waals surface area contributed by atoms with Crippen molar-refractivity contribution < 1.29 is 9.53 Å². The molecule has 6 heteroatoms. The van der Waals surface area contributed by atoms with Gasteiger partial charge in [-0.3, -0.25) is 9.59 Å². The van der Waals surface area contributed by atoms with E-state index in [9.17, 15) is 9.59 Å². The van der Waals surface area contributed by atoms with Crippen molar-refractivity contribution in [2.75, 3.05) is 31.2 Å². The smallest absolute Gasteiger partial charge is 0.240 e. The number of amides is 1. The molecule has 1 saturated heterocycles. The zero-order chi connectivity index (χ0) is 22.8. The average molecular weight is 442 g/mol. The molecule has 1 aliphatic heterocycles. The van der Waals surface area contributed by atoms with E-state index in [-0.39, 0.29) is 23.9 Å². The summed E-state index contributed by atoms with van der Waals surface area (Å²) in [7, 11) is 0. The van der Waals surface area contributed by atoms with Crippen LogP contribution in [0.5, 0.6) is 0 Å². The minimum atomic E-state index is -0.131. The van der Waals surface area contributed by atoms with Crippen molar-refractivity contribution in [3.05, 3.63) is 88.6 Å². The van der Waals surface area contributed by atoms with E-state index >= 15 is 0 Å². The maximum atomic E-state index is 13.1. The summed E-state index contributed by atoms with van der Waals surface area (Å²) in [6.07, 6.45) is 0. The van der Waals surface area contributed by atoms with E-state index in [1.54, 1.807) is 0 Å². The van der Waals surface area contributed by atoms with Crippen LogP contribution < -0.4 is 15.6 Å². The lowest BCUT2D eigenvalue weighted by molar-refractivity contribution is -0.122. The van der Waals surface area contributed by atoms with Crippen LogP contribution in [0.4, 0.5) is 5.69 Å². The Hall–Kier alpha value is -3.64. The maximum absolute atomic E-state index is 13.1. The fourth-order valence-electron chi connectivity index (χ4n) is 4.56. The van der Waals surface area contributed by atoms with Gasteiger partial charge in [-0.1, -0.05) is 36.4 Å². The first kappa shape index (κ1) is 21.2. The Labute approximate surface area is 192 Å². The Morgan fingerprint density at radius 3 is 2.09 bits per heavy atom. The number of rotatable bonds is 5. The third-order valence-electron chi connectivity index (χ3n) is 6.33. The Bertz CT molecular complexity index is 1290. The summed E-state index contributed by atoms with van der Waals surface area (Å²) >= 11 is 0. The Balaban J connectivity index is 1.37.